The summed E-state index contributed by atoms with van der Waals surface area (Å²) in [5.74, 6) is -0.245. The van der Waals surface area contributed by atoms with Gasteiger partial charge in [0.2, 0.25) is 0 Å². The molecule has 2 aromatic rings. The number of aromatic nitrogens is 1. The van der Waals surface area contributed by atoms with E-state index in [0.29, 0.717) is 5.56 Å². The number of carbonyl (C=O) groups excluding carboxylic acids is 1. The van der Waals surface area contributed by atoms with Gasteiger partial charge in [-0.2, -0.15) is 5.10 Å². The molecule has 0 aliphatic rings. The van der Waals surface area contributed by atoms with Gasteiger partial charge in [-0.15, -0.1) is 0 Å². The lowest BCUT2D eigenvalue weighted by Crippen LogP contribution is -2.17. The van der Waals surface area contributed by atoms with Gasteiger partial charge in [-0.05, 0) is 37.1 Å². The zero-order chi connectivity index (χ0) is 13.7. The first kappa shape index (κ1) is 13.0. The second kappa shape index (κ2) is 5.91. The maximum atomic E-state index is 11.8. The number of nitrogens with zero attached hydrogens (tertiary/aromatic N) is 2. The third-order valence-corrected chi connectivity index (χ3v) is 2.84. The normalized spacial score (nSPS) is 10.6. The molecule has 0 radical (unpaired) electrons. The summed E-state index contributed by atoms with van der Waals surface area (Å²) in [4.78, 5) is 15.6. The first-order chi connectivity index (χ1) is 9.18. The molecule has 1 aromatic heterocycles. The van der Waals surface area contributed by atoms with E-state index in [0.717, 1.165) is 16.7 Å². The molecule has 0 fully saturated rings. The van der Waals surface area contributed by atoms with Crippen molar-refractivity contribution in [3.8, 4) is 0 Å². The molecule has 1 N–H and O–H groups in total. The summed E-state index contributed by atoms with van der Waals surface area (Å²) in [7, 11) is 0. The Bertz CT molecular complexity index is 586. The molecule has 1 heterocycles. The van der Waals surface area contributed by atoms with Crippen LogP contribution >= 0.6 is 0 Å². The number of amides is 1. The third-order valence-electron chi connectivity index (χ3n) is 2.84. The van der Waals surface area contributed by atoms with Gasteiger partial charge in [0.1, 0.15) is 0 Å². The van der Waals surface area contributed by atoms with E-state index in [-0.39, 0.29) is 5.91 Å². The lowest BCUT2D eigenvalue weighted by molar-refractivity contribution is 0.0955. The van der Waals surface area contributed by atoms with E-state index in [1.165, 1.54) is 0 Å². The van der Waals surface area contributed by atoms with Crippen molar-refractivity contribution < 1.29 is 4.79 Å². The Morgan fingerprint density at radius 3 is 2.42 bits per heavy atom. The Hall–Kier alpha value is -2.49. The standard InChI is InChI=1S/C15H15N3O/c1-11-4-3-5-12(2)14(11)10-17-18-15(19)13-6-8-16-9-7-13/h3-10H,1-2H3,(H,18,19)/b17-10+. The lowest BCUT2D eigenvalue weighted by Gasteiger charge is -2.04. The summed E-state index contributed by atoms with van der Waals surface area (Å²) in [6.45, 7) is 4.03. The van der Waals surface area contributed by atoms with Crippen LogP contribution in [-0.2, 0) is 0 Å². The van der Waals surface area contributed by atoms with Crippen LogP contribution in [0.1, 0.15) is 27.0 Å². The summed E-state index contributed by atoms with van der Waals surface area (Å²) in [6.07, 6.45) is 4.82. The number of hydrogen-bond donors (Lipinski definition) is 1. The molecule has 96 valence electrons. The monoisotopic (exact) mass is 253 g/mol. The Labute approximate surface area is 112 Å². The number of hydrazone groups is 1. The van der Waals surface area contributed by atoms with Crippen LogP contribution in [0.15, 0.2) is 47.8 Å². The molecule has 0 atom stereocenters. The quantitative estimate of drug-likeness (QED) is 0.674. The maximum absolute atomic E-state index is 11.8. The number of aryl methyl sites for hydroxylation is 2. The molecule has 0 unspecified atom stereocenters. The highest BCUT2D eigenvalue weighted by Crippen LogP contribution is 2.10. The largest absolute Gasteiger partial charge is 0.271 e. The highest BCUT2D eigenvalue weighted by Gasteiger charge is 2.03. The molecule has 2 rings (SSSR count). The summed E-state index contributed by atoms with van der Waals surface area (Å²) in [5, 5.41) is 3.99. The van der Waals surface area contributed by atoms with Gasteiger partial charge in [0, 0.05) is 23.5 Å². The second-order valence-corrected chi connectivity index (χ2v) is 4.24. The average Bonchev–Trinajstić information content (AvgIpc) is 2.43. The molecule has 1 aromatic carbocycles. The molecule has 1 amide bonds. The molecule has 0 saturated heterocycles. The molecule has 19 heavy (non-hydrogen) atoms. The van der Waals surface area contributed by atoms with E-state index in [4.69, 9.17) is 0 Å². The Balaban J connectivity index is 2.07. The van der Waals surface area contributed by atoms with Crippen LogP contribution in [0, 0.1) is 13.8 Å². The molecular formula is C15H15N3O. The minimum atomic E-state index is -0.245. The number of carbonyl (C=O) groups is 1. The van der Waals surface area contributed by atoms with Crippen LogP contribution in [0.5, 0.6) is 0 Å². The van der Waals surface area contributed by atoms with Crippen LogP contribution in [0.25, 0.3) is 0 Å². The summed E-state index contributed by atoms with van der Waals surface area (Å²) in [6, 6.07) is 9.31. The second-order valence-electron chi connectivity index (χ2n) is 4.24. The van der Waals surface area contributed by atoms with Crippen LogP contribution in [0.3, 0.4) is 0 Å². The predicted octanol–water partition coefficient (Wildman–Crippen LogP) is 2.46. The van der Waals surface area contributed by atoms with Crippen molar-refractivity contribution in [3.63, 3.8) is 0 Å². The van der Waals surface area contributed by atoms with Gasteiger partial charge in [0.05, 0.1) is 6.21 Å². The fourth-order valence-electron chi connectivity index (χ4n) is 1.75. The number of rotatable bonds is 3. The number of pyridine rings is 1. The van der Waals surface area contributed by atoms with Crippen molar-refractivity contribution in [3.05, 3.63) is 65.0 Å². The first-order valence-corrected chi connectivity index (χ1v) is 5.98. The van der Waals surface area contributed by atoms with E-state index >= 15 is 0 Å². The van der Waals surface area contributed by atoms with E-state index in [1.807, 2.05) is 32.0 Å². The number of benzene rings is 1. The van der Waals surface area contributed by atoms with E-state index in [1.54, 1.807) is 30.7 Å². The van der Waals surface area contributed by atoms with Crippen LogP contribution in [0.2, 0.25) is 0 Å². The van der Waals surface area contributed by atoms with Crippen molar-refractivity contribution in [2.45, 2.75) is 13.8 Å². The SMILES string of the molecule is Cc1cccc(C)c1/C=N/NC(=O)c1ccncc1. The molecular weight excluding hydrogens is 238 g/mol. The number of hydrogen-bond acceptors (Lipinski definition) is 3. The summed E-state index contributed by atoms with van der Waals surface area (Å²) >= 11 is 0. The molecule has 4 nitrogen and oxygen atoms in total. The van der Waals surface area contributed by atoms with E-state index in [9.17, 15) is 4.79 Å². The summed E-state index contributed by atoms with van der Waals surface area (Å²) < 4.78 is 0. The first-order valence-electron chi connectivity index (χ1n) is 5.98. The Morgan fingerprint density at radius 2 is 1.79 bits per heavy atom. The Morgan fingerprint density at radius 1 is 1.16 bits per heavy atom. The predicted molar refractivity (Wildman–Crippen MR) is 75.2 cm³/mol. The van der Waals surface area contributed by atoms with Crippen molar-refractivity contribution in [2.24, 2.45) is 5.10 Å². The van der Waals surface area contributed by atoms with Gasteiger partial charge in [0.25, 0.3) is 5.91 Å². The highest BCUT2D eigenvalue weighted by atomic mass is 16.2. The van der Waals surface area contributed by atoms with E-state index in [2.05, 4.69) is 15.5 Å². The van der Waals surface area contributed by atoms with Crippen LogP contribution in [-0.4, -0.2) is 17.1 Å². The van der Waals surface area contributed by atoms with Gasteiger partial charge in [-0.3, -0.25) is 9.78 Å². The fraction of sp³-hybridized carbons (Fsp3) is 0.133. The zero-order valence-corrected chi connectivity index (χ0v) is 10.9. The minimum absolute atomic E-state index is 0.245. The van der Waals surface area contributed by atoms with Crippen molar-refractivity contribution in [1.29, 1.82) is 0 Å². The van der Waals surface area contributed by atoms with Gasteiger partial charge >= 0.3 is 0 Å². The third kappa shape index (κ3) is 3.25. The molecule has 0 aliphatic heterocycles. The number of nitrogens with one attached hydrogen (secondary N) is 1. The van der Waals surface area contributed by atoms with Crippen molar-refractivity contribution in [2.75, 3.05) is 0 Å². The van der Waals surface area contributed by atoms with Gasteiger partial charge in [-0.25, -0.2) is 5.43 Å². The fourth-order valence-corrected chi connectivity index (χ4v) is 1.75. The van der Waals surface area contributed by atoms with Crippen LogP contribution in [0.4, 0.5) is 0 Å². The maximum Gasteiger partial charge on any atom is 0.271 e. The van der Waals surface area contributed by atoms with E-state index < -0.39 is 0 Å². The highest BCUT2D eigenvalue weighted by molar-refractivity contribution is 5.94. The van der Waals surface area contributed by atoms with Gasteiger partial charge in [0.15, 0.2) is 0 Å². The Kier molecular flexibility index (Phi) is 4.03. The summed E-state index contributed by atoms with van der Waals surface area (Å²) in [5.41, 5.74) is 6.32. The topological polar surface area (TPSA) is 54.4 Å². The lowest BCUT2D eigenvalue weighted by atomic mass is 10.0. The minimum Gasteiger partial charge on any atom is -0.267 e. The molecule has 0 spiro atoms. The van der Waals surface area contributed by atoms with Gasteiger partial charge < -0.3 is 0 Å². The molecule has 0 saturated carbocycles. The van der Waals surface area contributed by atoms with Crippen molar-refractivity contribution >= 4 is 12.1 Å². The average molecular weight is 253 g/mol. The smallest absolute Gasteiger partial charge is 0.267 e. The molecule has 0 aliphatic carbocycles. The molecule has 0 bridgehead atoms. The zero-order valence-electron chi connectivity index (χ0n) is 10.9. The van der Waals surface area contributed by atoms with Crippen LogP contribution < -0.4 is 5.43 Å². The van der Waals surface area contributed by atoms with Gasteiger partial charge in [-0.1, -0.05) is 18.2 Å². The molecule has 4 heteroatoms. The van der Waals surface area contributed by atoms with Crippen molar-refractivity contribution in [1.82, 2.24) is 10.4 Å².